The quantitative estimate of drug-likeness (QED) is 0.780. The highest BCUT2D eigenvalue weighted by Gasteiger charge is 2.63. The highest BCUT2D eigenvalue weighted by molar-refractivity contribution is 6.31. The van der Waals surface area contributed by atoms with Crippen LogP contribution in [0, 0.1) is 11.8 Å². The van der Waals surface area contributed by atoms with Crippen molar-refractivity contribution in [2.24, 2.45) is 11.8 Å². The molecule has 0 radical (unpaired) electrons. The third-order valence-corrected chi connectivity index (χ3v) is 5.67. The van der Waals surface area contributed by atoms with E-state index in [1.165, 1.54) is 6.33 Å². The number of carbonyl (C=O) groups excluding carboxylic acids is 2. The van der Waals surface area contributed by atoms with Gasteiger partial charge in [0.25, 0.3) is 5.95 Å². The lowest BCUT2D eigenvalue weighted by Crippen LogP contribution is -2.35. The van der Waals surface area contributed by atoms with E-state index in [4.69, 9.17) is 16.3 Å². The van der Waals surface area contributed by atoms with Crippen molar-refractivity contribution in [1.82, 2.24) is 14.8 Å². The summed E-state index contributed by atoms with van der Waals surface area (Å²) in [4.78, 5) is 30.8. The molecule has 4 heterocycles. The second-order valence-electron chi connectivity index (χ2n) is 6.69. The Morgan fingerprint density at radius 3 is 2.48 bits per heavy atom. The van der Waals surface area contributed by atoms with E-state index in [-0.39, 0.29) is 41.8 Å². The van der Waals surface area contributed by atoms with Gasteiger partial charge >= 0.3 is 0 Å². The van der Waals surface area contributed by atoms with Gasteiger partial charge in [0, 0.05) is 5.02 Å². The summed E-state index contributed by atoms with van der Waals surface area (Å²) in [7, 11) is 0. The molecule has 8 heteroatoms. The summed E-state index contributed by atoms with van der Waals surface area (Å²) in [6.45, 7) is 0.421. The highest BCUT2D eigenvalue weighted by atomic mass is 35.5. The van der Waals surface area contributed by atoms with Crippen LogP contribution in [0.15, 0.2) is 30.6 Å². The smallest absolute Gasteiger partial charge is 0.258 e. The lowest BCUT2D eigenvalue weighted by Gasteiger charge is -2.14. The van der Waals surface area contributed by atoms with Crippen LogP contribution in [0.25, 0.3) is 0 Å². The molecule has 0 N–H and O–H groups in total. The van der Waals surface area contributed by atoms with Crippen LogP contribution in [-0.4, -0.2) is 38.8 Å². The van der Waals surface area contributed by atoms with Gasteiger partial charge in [0.15, 0.2) is 0 Å². The average Bonchev–Trinajstić information content (AvgIpc) is 3.35. The summed E-state index contributed by atoms with van der Waals surface area (Å²) in [6.07, 6.45) is 2.92. The predicted octanol–water partition coefficient (Wildman–Crippen LogP) is 1.65. The summed E-state index contributed by atoms with van der Waals surface area (Å²) in [6, 6.07) is 7.45. The van der Waals surface area contributed by atoms with Crippen LogP contribution in [0.2, 0.25) is 5.02 Å². The van der Waals surface area contributed by atoms with Crippen molar-refractivity contribution in [1.29, 1.82) is 0 Å². The first-order chi connectivity index (χ1) is 12.1. The fraction of sp³-hybridized carbons (Fsp3) is 0.412. The maximum absolute atomic E-state index is 12.7. The van der Waals surface area contributed by atoms with E-state index in [9.17, 15) is 9.59 Å². The molecule has 3 aliphatic rings. The van der Waals surface area contributed by atoms with Crippen LogP contribution in [0.1, 0.15) is 18.4 Å². The second-order valence-corrected chi connectivity index (χ2v) is 7.09. The van der Waals surface area contributed by atoms with Crippen LogP contribution in [-0.2, 0) is 20.9 Å². The zero-order valence-corrected chi connectivity index (χ0v) is 14.0. The molecule has 2 amide bonds. The van der Waals surface area contributed by atoms with Gasteiger partial charge in [-0.05, 0) is 24.5 Å². The Bertz CT molecular complexity index is 854. The molecule has 4 atom stereocenters. The van der Waals surface area contributed by atoms with Gasteiger partial charge in [0.2, 0.25) is 11.8 Å². The number of hydrogen-bond donors (Lipinski definition) is 0. The van der Waals surface area contributed by atoms with Crippen molar-refractivity contribution in [3.8, 4) is 0 Å². The number of ether oxygens (including phenoxy) is 1. The molecule has 7 nitrogen and oxygen atoms in total. The number of anilines is 1. The van der Waals surface area contributed by atoms with Gasteiger partial charge in [-0.1, -0.05) is 29.8 Å². The first kappa shape index (κ1) is 15.0. The average molecular weight is 359 g/mol. The van der Waals surface area contributed by atoms with Crippen LogP contribution in [0.3, 0.4) is 0 Å². The molecule has 0 aliphatic carbocycles. The maximum Gasteiger partial charge on any atom is 0.258 e. The number of carbonyl (C=O) groups is 2. The van der Waals surface area contributed by atoms with Crippen LogP contribution >= 0.6 is 11.6 Å². The summed E-state index contributed by atoms with van der Waals surface area (Å²) in [5.74, 6) is -1.09. The molecule has 1 aromatic carbocycles. The minimum atomic E-state index is -0.373. The first-order valence-corrected chi connectivity index (χ1v) is 8.67. The first-order valence-electron chi connectivity index (χ1n) is 8.29. The van der Waals surface area contributed by atoms with E-state index in [1.807, 2.05) is 18.2 Å². The molecular formula is C17H15ClN4O3. The maximum atomic E-state index is 12.7. The standard InChI is InChI=1S/C17H15ClN4O3/c18-10-4-2-1-3-9(10)7-21-8-19-17(20-21)22-15(23)13-11-5-6-12(25-11)14(13)16(22)24/h1-4,8,11-14H,5-7H2. The molecule has 25 heavy (non-hydrogen) atoms. The number of aromatic nitrogens is 3. The molecule has 3 fully saturated rings. The Morgan fingerprint density at radius 1 is 1.12 bits per heavy atom. The van der Waals surface area contributed by atoms with E-state index >= 15 is 0 Å². The molecule has 128 valence electrons. The Kier molecular flexibility index (Phi) is 3.23. The molecule has 5 rings (SSSR count). The Labute approximate surface area is 148 Å². The molecule has 2 bridgehead atoms. The van der Waals surface area contributed by atoms with Crippen molar-refractivity contribution in [3.05, 3.63) is 41.2 Å². The third kappa shape index (κ3) is 2.15. The third-order valence-electron chi connectivity index (χ3n) is 5.30. The second kappa shape index (κ2) is 5.37. The minimum Gasteiger partial charge on any atom is -0.373 e. The lowest BCUT2D eigenvalue weighted by molar-refractivity contribution is -0.124. The number of hydrogen-bond acceptors (Lipinski definition) is 5. The van der Waals surface area contributed by atoms with Crippen molar-refractivity contribution in [2.75, 3.05) is 4.90 Å². The highest BCUT2D eigenvalue weighted by Crippen LogP contribution is 2.48. The van der Waals surface area contributed by atoms with Gasteiger partial charge in [0.1, 0.15) is 6.33 Å². The molecule has 1 aromatic heterocycles. The zero-order chi connectivity index (χ0) is 17.1. The van der Waals surface area contributed by atoms with Crippen molar-refractivity contribution < 1.29 is 14.3 Å². The van der Waals surface area contributed by atoms with E-state index in [1.54, 1.807) is 10.7 Å². The summed E-state index contributed by atoms with van der Waals surface area (Å²) < 4.78 is 7.31. The number of fused-ring (bicyclic) bond motifs is 5. The Hall–Kier alpha value is -2.25. The van der Waals surface area contributed by atoms with Crippen LogP contribution < -0.4 is 4.90 Å². The number of imide groups is 1. The van der Waals surface area contributed by atoms with Gasteiger partial charge in [-0.2, -0.15) is 4.98 Å². The molecule has 0 spiro atoms. The van der Waals surface area contributed by atoms with Gasteiger partial charge in [-0.3, -0.25) is 9.59 Å². The predicted molar refractivity (Wildman–Crippen MR) is 87.9 cm³/mol. The summed E-state index contributed by atoms with van der Waals surface area (Å²) in [5.41, 5.74) is 0.892. The number of amides is 2. The van der Waals surface area contributed by atoms with E-state index in [2.05, 4.69) is 10.1 Å². The molecule has 0 saturated carbocycles. The van der Waals surface area contributed by atoms with Crippen molar-refractivity contribution in [2.45, 2.75) is 31.6 Å². The lowest BCUT2D eigenvalue weighted by atomic mass is 9.81. The number of halogens is 1. The van der Waals surface area contributed by atoms with Gasteiger partial charge < -0.3 is 4.74 Å². The van der Waals surface area contributed by atoms with Crippen molar-refractivity contribution >= 4 is 29.4 Å². The zero-order valence-electron chi connectivity index (χ0n) is 13.2. The minimum absolute atomic E-state index is 0.135. The number of benzene rings is 1. The molecule has 2 aromatic rings. The van der Waals surface area contributed by atoms with Crippen LogP contribution in [0.5, 0.6) is 0 Å². The van der Waals surface area contributed by atoms with E-state index < -0.39 is 0 Å². The Morgan fingerprint density at radius 2 is 1.80 bits per heavy atom. The number of rotatable bonds is 3. The topological polar surface area (TPSA) is 77.3 Å². The van der Waals surface area contributed by atoms with E-state index in [0.29, 0.717) is 11.6 Å². The van der Waals surface area contributed by atoms with E-state index in [0.717, 1.165) is 23.3 Å². The summed E-state index contributed by atoms with van der Waals surface area (Å²) >= 11 is 6.16. The van der Waals surface area contributed by atoms with Gasteiger partial charge in [0.05, 0.1) is 30.6 Å². The molecule has 3 aliphatic heterocycles. The largest absolute Gasteiger partial charge is 0.373 e. The Balaban J connectivity index is 1.41. The van der Waals surface area contributed by atoms with Crippen LogP contribution in [0.4, 0.5) is 5.95 Å². The fourth-order valence-corrected chi connectivity index (χ4v) is 4.37. The normalized spacial score (nSPS) is 30.4. The molecule has 4 unspecified atom stereocenters. The summed E-state index contributed by atoms with van der Waals surface area (Å²) in [5, 5.41) is 4.95. The van der Waals surface area contributed by atoms with Gasteiger partial charge in [-0.15, -0.1) is 5.10 Å². The van der Waals surface area contributed by atoms with Crippen molar-refractivity contribution in [3.63, 3.8) is 0 Å². The fourth-order valence-electron chi connectivity index (χ4n) is 4.17. The number of nitrogens with zero attached hydrogens (tertiary/aromatic N) is 4. The molecule has 3 saturated heterocycles. The van der Waals surface area contributed by atoms with Gasteiger partial charge in [-0.25, -0.2) is 9.58 Å². The molecular weight excluding hydrogens is 344 g/mol. The monoisotopic (exact) mass is 358 g/mol. The SMILES string of the molecule is O=C1C2C3CCC(O3)C2C(=O)N1c1ncn(Cc2ccccc2Cl)n1.